The highest BCUT2D eigenvalue weighted by Gasteiger charge is 2.32. The Morgan fingerprint density at radius 1 is 1.00 bits per heavy atom. The van der Waals surface area contributed by atoms with Gasteiger partial charge in [0.05, 0.1) is 14.2 Å². The third kappa shape index (κ3) is 3.88. The topological polar surface area (TPSA) is 89.0 Å². The number of nitrogens with zero attached hydrogens (tertiary/aromatic N) is 3. The number of sulfonamides is 1. The average molecular weight is 391 g/mol. The maximum Gasteiger partial charge on any atom is 0.254 e. The quantitative estimate of drug-likeness (QED) is 0.762. The molecule has 144 valence electrons. The van der Waals surface area contributed by atoms with E-state index >= 15 is 0 Å². The van der Waals surface area contributed by atoms with Gasteiger partial charge in [0, 0.05) is 50.2 Å². The summed E-state index contributed by atoms with van der Waals surface area (Å²) in [7, 11) is -0.821. The minimum absolute atomic E-state index is 0.0831. The Balaban J connectivity index is 1.74. The van der Waals surface area contributed by atoms with Gasteiger partial charge in [0.1, 0.15) is 16.4 Å². The molecule has 1 aromatic heterocycles. The molecule has 0 spiro atoms. The van der Waals surface area contributed by atoms with Gasteiger partial charge < -0.3 is 14.4 Å². The van der Waals surface area contributed by atoms with Crippen molar-refractivity contribution >= 4 is 15.9 Å². The van der Waals surface area contributed by atoms with Crippen LogP contribution in [0.2, 0.25) is 0 Å². The standard InChI is InChI=1S/C18H21N3O5S/c1-25-15-3-4-17(16(13-15)26-2)27(23,24)21-11-9-20(10-12-21)18(22)14-5-7-19-8-6-14/h3-8,13H,9-12H2,1-2H3. The van der Waals surface area contributed by atoms with E-state index in [0.29, 0.717) is 24.4 Å². The maximum absolute atomic E-state index is 13.0. The summed E-state index contributed by atoms with van der Waals surface area (Å²) in [4.78, 5) is 18.1. The predicted octanol–water partition coefficient (Wildman–Crippen LogP) is 1.25. The number of methoxy groups -OCH3 is 2. The number of hydrogen-bond donors (Lipinski definition) is 0. The molecule has 27 heavy (non-hydrogen) atoms. The molecule has 3 rings (SSSR count). The summed E-state index contributed by atoms with van der Waals surface area (Å²) in [6, 6.07) is 7.89. The summed E-state index contributed by atoms with van der Waals surface area (Å²) in [6.45, 7) is 1.07. The van der Waals surface area contributed by atoms with E-state index in [1.807, 2.05) is 0 Å². The van der Waals surface area contributed by atoms with Crippen molar-refractivity contribution in [1.82, 2.24) is 14.2 Å². The van der Waals surface area contributed by atoms with Gasteiger partial charge in [-0.15, -0.1) is 0 Å². The number of rotatable bonds is 5. The molecule has 0 atom stereocenters. The van der Waals surface area contributed by atoms with Crippen LogP contribution in [-0.2, 0) is 10.0 Å². The van der Waals surface area contributed by atoms with Crippen molar-refractivity contribution in [2.24, 2.45) is 0 Å². The van der Waals surface area contributed by atoms with Gasteiger partial charge in [-0.1, -0.05) is 0 Å². The highest BCUT2D eigenvalue weighted by molar-refractivity contribution is 7.89. The third-order valence-corrected chi connectivity index (χ3v) is 6.38. The molecule has 1 aromatic carbocycles. The molecule has 2 heterocycles. The van der Waals surface area contributed by atoms with Crippen molar-refractivity contribution in [3.8, 4) is 11.5 Å². The zero-order valence-electron chi connectivity index (χ0n) is 15.2. The van der Waals surface area contributed by atoms with E-state index in [0.717, 1.165) is 0 Å². The van der Waals surface area contributed by atoms with Crippen LogP contribution in [0.3, 0.4) is 0 Å². The van der Waals surface area contributed by atoms with Gasteiger partial charge in [0.25, 0.3) is 5.91 Å². The SMILES string of the molecule is COc1ccc(S(=O)(=O)N2CCN(C(=O)c3ccncc3)CC2)c(OC)c1. The summed E-state index contributed by atoms with van der Waals surface area (Å²) in [5.74, 6) is 0.611. The minimum atomic E-state index is -3.74. The fraction of sp³-hybridized carbons (Fsp3) is 0.333. The highest BCUT2D eigenvalue weighted by atomic mass is 32.2. The van der Waals surface area contributed by atoms with Crippen LogP contribution in [-0.4, -0.2) is 68.9 Å². The molecular formula is C18H21N3O5S. The number of pyridine rings is 1. The van der Waals surface area contributed by atoms with E-state index in [9.17, 15) is 13.2 Å². The second-order valence-electron chi connectivity index (χ2n) is 5.95. The molecule has 0 aliphatic carbocycles. The van der Waals surface area contributed by atoms with Crippen LogP contribution in [0.4, 0.5) is 0 Å². The summed E-state index contributed by atoms with van der Waals surface area (Å²) < 4.78 is 37.7. The van der Waals surface area contributed by atoms with Crippen molar-refractivity contribution < 1.29 is 22.7 Å². The first-order valence-electron chi connectivity index (χ1n) is 8.39. The summed E-state index contributed by atoms with van der Waals surface area (Å²) in [6.07, 6.45) is 3.12. The van der Waals surface area contributed by atoms with Gasteiger partial charge in [0.15, 0.2) is 0 Å². The van der Waals surface area contributed by atoms with Gasteiger partial charge >= 0.3 is 0 Å². The molecule has 1 aliphatic rings. The Morgan fingerprint density at radius 3 is 2.26 bits per heavy atom. The maximum atomic E-state index is 13.0. The van der Waals surface area contributed by atoms with E-state index < -0.39 is 10.0 Å². The molecular weight excluding hydrogens is 370 g/mol. The number of amides is 1. The summed E-state index contributed by atoms with van der Waals surface area (Å²) in [5.41, 5.74) is 0.540. The van der Waals surface area contributed by atoms with E-state index in [4.69, 9.17) is 9.47 Å². The minimum Gasteiger partial charge on any atom is -0.497 e. The zero-order valence-corrected chi connectivity index (χ0v) is 16.0. The van der Waals surface area contributed by atoms with Crippen molar-refractivity contribution in [2.45, 2.75) is 4.90 Å². The van der Waals surface area contributed by atoms with Crippen molar-refractivity contribution in [2.75, 3.05) is 40.4 Å². The van der Waals surface area contributed by atoms with Crippen LogP contribution < -0.4 is 9.47 Å². The molecule has 0 radical (unpaired) electrons. The molecule has 1 amide bonds. The lowest BCUT2D eigenvalue weighted by molar-refractivity contribution is 0.0697. The number of aromatic nitrogens is 1. The molecule has 0 unspecified atom stereocenters. The van der Waals surface area contributed by atoms with Crippen LogP contribution in [0, 0.1) is 0 Å². The lowest BCUT2D eigenvalue weighted by atomic mass is 10.2. The highest BCUT2D eigenvalue weighted by Crippen LogP contribution is 2.31. The average Bonchev–Trinajstić information content (AvgIpc) is 2.73. The number of hydrogen-bond acceptors (Lipinski definition) is 6. The second kappa shape index (κ2) is 7.93. The number of benzene rings is 1. The monoisotopic (exact) mass is 391 g/mol. The Kier molecular flexibility index (Phi) is 5.62. The van der Waals surface area contributed by atoms with Crippen LogP contribution in [0.15, 0.2) is 47.6 Å². The van der Waals surface area contributed by atoms with Crippen LogP contribution in [0.5, 0.6) is 11.5 Å². The fourth-order valence-corrected chi connectivity index (χ4v) is 4.49. The van der Waals surface area contributed by atoms with Crippen molar-refractivity contribution in [3.63, 3.8) is 0 Å². The van der Waals surface area contributed by atoms with Crippen LogP contribution in [0.1, 0.15) is 10.4 Å². The predicted molar refractivity (Wildman–Crippen MR) is 98.4 cm³/mol. The van der Waals surface area contributed by atoms with E-state index in [2.05, 4.69) is 4.98 Å². The molecule has 0 N–H and O–H groups in total. The molecule has 1 saturated heterocycles. The van der Waals surface area contributed by atoms with Gasteiger partial charge in [-0.2, -0.15) is 4.31 Å². The Labute approximate surface area is 158 Å². The van der Waals surface area contributed by atoms with Crippen molar-refractivity contribution in [3.05, 3.63) is 48.3 Å². The first-order valence-corrected chi connectivity index (χ1v) is 9.83. The van der Waals surface area contributed by atoms with Gasteiger partial charge in [0.2, 0.25) is 10.0 Å². The second-order valence-corrected chi connectivity index (χ2v) is 7.86. The van der Waals surface area contributed by atoms with Gasteiger partial charge in [-0.25, -0.2) is 8.42 Å². The smallest absolute Gasteiger partial charge is 0.254 e. The van der Waals surface area contributed by atoms with Crippen LogP contribution in [0.25, 0.3) is 0 Å². The molecule has 2 aromatic rings. The van der Waals surface area contributed by atoms with E-state index in [-0.39, 0.29) is 29.6 Å². The molecule has 0 saturated carbocycles. The Hall–Kier alpha value is -2.65. The molecule has 1 aliphatic heterocycles. The molecule has 9 heteroatoms. The lowest BCUT2D eigenvalue weighted by Crippen LogP contribution is -2.50. The van der Waals surface area contributed by atoms with E-state index in [1.54, 1.807) is 35.5 Å². The first-order chi connectivity index (χ1) is 13.0. The van der Waals surface area contributed by atoms with Crippen molar-refractivity contribution in [1.29, 1.82) is 0 Å². The number of carbonyl (C=O) groups is 1. The van der Waals surface area contributed by atoms with Crippen LogP contribution >= 0.6 is 0 Å². The largest absolute Gasteiger partial charge is 0.497 e. The summed E-state index contributed by atoms with van der Waals surface area (Å²) >= 11 is 0. The lowest BCUT2D eigenvalue weighted by Gasteiger charge is -2.34. The summed E-state index contributed by atoms with van der Waals surface area (Å²) in [5, 5.41) is 0. The normalized spacial score (nSPS) is 15.4. The molecule has 0 bridgehead atoms. The molecule has 8 nitrogen and oxygen atoms in total. The number of carbonyl (C=O) groups excluding carboxylic acids is 1. The fourth-order valence-electron chi connectivity index (χ4n) is 2.94. The van der Waals surface area contributed by atoms with Gasteiger partial charge in [-0.3, -0.25) is 9.78 Å². The Bertz CT molecular complexity index is 910. The molecule has 1 fully saturated rings. The van der Waals surface area contributed by atoms with Gasteiger partial charge in [-0.05, 0) is 24.3 Å². The number of ether oxygens (including phenoxy) is 2. The number of piperazine rings is 1. The zero-order chi connectivity index (χ0) is 19.4. The van der Waals surface area contributed by atoms with E-state index in [1.165, 1.54) is 30.7 Å². The third-order valence-electron chi connectivity index (χ3n) is 4.44. The Morgan fingerprint density at radius 2 is 1.67 bits per heavy atom. The first kappa shape index (κ1) is 19.1.